The van der Waals surface area contributed by atoms with E-state index >= 15 is 0 Å². The summed E-state index contributed by atoms with van der Waals surface area (Å²) in [4.78, 5) is 4.39. The number of nitrogens with zero attached hydrogens (tertiary/aromatic N) is 3. The highest BCUT2D eigenvalue weighted by Gasteiger charge is 2.31. The first-order valence-electron chi connectivity index (χ1n) is 6.13. The molecule has 0 N–H and O–H groups in total. The van der Waals surface area contributed by atoms with Gasteiger partial charge in [0.15, 0.2) is 0 Å². The molecule has 1 rings (SSSR count). The lowest BCUT2D eigenvalue weighted by atomic mass is 9.88. The van der Waals surface area contributed by atoms with Gasteiger partial charge in [0.1, 0.15) is 6.10 Å². The zero-order valence-electron chi connectivity index (χ0n) is 11.7. The highest BCUT2D eigenvalue weighted by molar-refractivity contribution is 4.99. The quantitative estimate of drug-likeness (QED) is 0.803. The summed E-state index contributed by atoms with van der Waals surface area (Å²) in [6, 6.07) is 2.12. The van der Waals surface area contributed by atoms with Gasteiger partial charge in [-0.15, -0.1) is 0 Å². The molecule has 5 heteroatoms. The van der Waals surface area contributed by atoms with Crippen LogP contribution in [-0.2, 0) is 4.74 Å². The van der Waals surface area contributed by atoms with Crippen molar-refractivity contribution in [1.29, 1.82) is 5.26 Å². The molecule has 2 atom stereocenters. The van der Waals surface area contributed by atoms with Gasteiger partial charge in [0.05, 0.1) is 6.07 Å². The lowest BCUT2D eigenvalue weighted by Crippen LogP contribution is -2.21. The monoisotopic (exact) mass is 251 g/mol. The van der Waals surface area contributed by atoms with Crippen molar-refractivity contribution in [2.24, 2.45) is 5.41 Å². The Kier molecular flexibility index (Phi) is 4.85. The van der Waals surface area contributed by atoms with Gasteiger partial charge in [-0.05, 0) is 11.8 Å². The van der Waals surface area contributed by atoms with Crippen LogP contribution in [0.25, 0.3) is 0 Å². The van der Waals surface area contributed by atoms with Crippen molar-refractivity contribution in [3.8, 4) is 6.07 Å². The smallest absolute Gasteiger partial charge is 0.229 e. The molecular weight excluding hydrogens is 230 g/mol. The minimum atomic E-state index is -0.196. The second-order valence-electron chi connectivity index (χ2n) is 5.57. The topological polar surface area (TPSA) is 71.9 Å². The molecule has 0 radical (unpaired) electrons. The zero-order valence-corrected chi connectivity index (χ0v) is 11.7. The molecule has 1 aromatic rings. The van der Waals surface area contributed by atoms with Gasteiger partial charge in [-0.2, -0.15) is 10.2 Å². The molecule has 1 aromatic heterocycles. The van der Waals surface area contributed by atoms with Crippen LogP contribution in [0.15, 0.2) is 4.52 Å². The molecule has 0 aromatic carbocycles. The zero-order chi connectivity index (χ0) is 13.8. The third-order valence-electron chi connectivity index (χ3n) is 2.82. The van der Waals surface area contributed by atoms with E-state index in [0.717, 1.165) is 6.42 Å². The van der Waals surface area contributed by atoms with Gasteiger partial charge in [-0.25, -0.2) is 0 Å². The lowest BCUT2D eigenvalue weighted by Gasteiger charge is -2.26. The maximum Gasteiger partial charge on any atom is 0.229 e. The van der Waals surface area contributed by atoms with E-state index in [1.807, 2.05) is 6.92 Å². The van der Waals surface area contributed by atoms with Crippen LogP contribution in [0, 0.1) is 16.7 Å². The first kappa shape index (κ1) is 14.7. The summed E-state index contributed by atoms with van der Waals surface area (Å²) in [7, 11) is 1.64. The molecule has 0 aliphatic rings. The lowest BCUT2D eigenvalue weighted by molar-refractivity contribution is 0.00718. The van der Waals surface area contributed by atoms with Crippen molar-refractivity contribution in [2.75, 3.05) is 7.11 Å². The van der Waals surface area contributed by atoms with Crippen LogP contribution < -0.4 is 0 Å². The summed E-state index contributed by atoms with van der Waals surface area (Å²) in [6.45, 7) is 8.18. The Labute approximate surface area is 108 Å². The van der Waals surface area contributed by atoms with Gasteiger partial charge in [0.2, 0.25) is 11.7 Å². The second kappa shape index (κ2) is 5.96. The number of nitriles is 1. The summed E-state index contributed by atoms with van der Waals surface area (Å²) in [5, 5.41) is 12.6. The fraction of sp³-hybridized carbons (Fsp3) is 0.769. The fourth-order valence-electron chi connectivity index (χ4n) is 1.80. The average molecular weight is 251 g/mol. The van der Waals surface area contributed by atoms with Crippen molar-refractivity contribution >= 4 is 0 Å². The molecule has 0 fully saturated rings. The molecule has 0 aliphatic carbocycles. The van der Waals surface area contributed by atoms with Crippen LogP contribution in [0.5, 0.6) is 0 Å². The van der Waals surface area contributed by atoms with Crippen LogP contribution in [-0.4, -0.2) is 17.3 Å². The molecular formula is C13H21N3O2. The van der Waals surface area contributed by atoms with Gasteiger partial charge < -0.3 is 9.26 Å². The van der Waals surface area contributed by atoms with Crippen LogP contribution in [0.4, 0.5) is 0 Å². The largest absolute Gasteiger partial charge is 0.373 e. The Balaban J connectivity index is 2.82. The minimum Gasteiger partial charge on any atom is -0.373 e. The Morgan fingerprint density at radius 3 is 2.61 bits per heavy atom. The van der Waals surface area contributed by atoms with Crippen LogP contribution in [0.1, 0.15) is 64.3 Å². The molecule has 18 heavy (non-hydrogen) atoms. The molecule has 100 valence electrons. The summed E-state index contributed by atoms with van der Waals surface area (Å²) in [5.74, 6) is 1.25. The highest BCUT2D eigenvalue weighted by atomic mass is 16.5. The maximum absolute atomic E-state index is 8.56. The molecule has 0 saturated carbocycles. The van der Waals surface area contributed by atoms with E-state index in [4.69, 9.17) is 14.5 Å². The third kappa shape index (κ3) is 3.54. The number of ether oxygens (including phenoxy) is 1. The Morgan fingerprint density at radius 2 is 2.11 bits per heavy atom. The molecule has 0 spiro atoms. The van der Waals surface area contributed by atoms with E-state index in [1.165, 1.54) is 0 Å². The van der Waals surface area contributed by atoms with E-state index < -0.39 is 0 Å². The highest BCUT2D eigenvalue weighted by Crippen LogP contribution is 2.34. The Bertz CT molecular complexity index is 415. The number of methoxy groups -OCH3 is 1. The van der Waals surface area contributed by atoms with Crippen molar-refractivity contribution in [3.05, 3.63) is 11.7 Å². The summed E-state index contributed by atoms with van der Waals surface area (Å²) in [6.07, 6.45) is 1.02. The molecule has 0 saturated heterocycles. The first-order valence-corrected chi connectivity index (χ1v) is 6.13. The summed E-state index contributed by atoms with van der Waals surface area (Å²) in [5.41, 5.74) is -0.0915. The molecule has 0 amide bonds. The van der Waals surface area contributed by atoms with Crippen molar-refractivity contribution in [2.45, 2.75) is 52.6 Å². The van der Waals surface area contributed by atoms with E-state index in [-0.39, 0.29) is 17.4 Å². The van der Waals surface area contributed by atoms with Crippen LogP contribution in [0.3, 0.4) is 0 Å². The summed E-state index contributed by atoms with van der Waals surface area (Å²) >= 11 is 0. The Hall–Kier alpha value is -1.41. The number of hydrogen-bond acceptors (Lipinski definition) is 5. The van der Waals surface area contributed by atoms with Crippen LogP contribution in [0.2, 0.25) is 0 Å². The van der Waals surface area contributed by atoms with E-state index in [2.05, 4.69) is 37.0 Å². The number of rotatable bonds is 5. The van der Waals surface area contributed by atoms with Crippen molar-refractivity contribution in [3.63, 3.8) is 0 Å². The van der Waals surface area contributed by atoms with Gasteiger partial charge in [-0.1, -0.05) is 32.9 Å². The Morgan fingerprint density at radius 1 is 1.44 bits per heavy atom. The van der Waals surface area contributed by atoms with Gasteiger partial charge in [-0.3, -0.25) is 0 Å². The predicted molar refractivity (Wildman–Crippen MR) is 66.8 cm³/mol. The van der Waals surface area contributed by atoms with Gasteiger partial charge in [0, 0.05) is 19.4 Å². The normalized spacial score (nSPS) is 15.1. The van der Waals surface area contributed by atoms with Gasteiger partial charge >= 0.3 is 0 Å². The standard InChI is InChI=1S/C13H21N3O2/c1-9(7-6-8-14)12-15-11(16-18-12)10(17-5)13(2,3)4/h9-10H,6-7H2,1-5H3. The van der Waals surface area contributed by atoms with E-state index in [9.17, 15) is 0 Å². The van der Waals surface area contributed by atoms with Crippen molar-refractivity contribution in [1.82, 2.24) is 10.1 Å². The molecule has 0 aliphatic heterocycles. The summed E-state index contributed by atoms with van der Waals surface area (Å²) < 4.78 is 10.7. The molecule has 1 heterocycles. The van der Waals surface area contributed by atoms with Gasteiger partial charge in [0.25, 0.3) is 0 Å². The molecule has 5 nitrogen and oxygen atoms in total. The average Bonchev–Trinajstić information content (AvgIpc) is 2.74. The second-order valence-corrected chi connectivity index (χ2v) is 5.57. The molecule has 2 unspecified atom stereocenters. The minimum absolute atomic E-state index is 0.0915. The van der Waals surface area contributed by atoms with Crippen molar-refractivity contribution < 1.29 is 9.26 Å². The number of hydrogen-bond donors (Lipinski definition) is 0. The van der Waals surface area contributed by atoms with E-state index in [0.29, 0.717) is 18.1 Å². The van der Waals surface area contributed by atoms with Crippen LogP contribution >= 0.6 is 0 Å². The fourth-order valence-corrected chi connectivity index (χ4v) is 1.80. The predicted octanol–water partition coefficient (Wildman–Crippen LogP) is 3.21. The first-order chi connectivity index (χ1) is 8.40. The molecule has 0 bridgehead atoms. The third-order valence-corrected chi connectivity index (χ3v) is 2.82. The maximum atomic E-state index is 8.56. The SMILES string of the molecule is COC(c1noc(C(C)CCC#N)n1)C(C)(C)C. The van der Waals surface area contributed by atoms with E-state index in [1.54, 1.807) is 7.11 Å². The number of aromatic nitrogens is 2.